The molecular weight excluding hydrogens is 242 g/mol. The highest BCUT2D eigenvalue weighted by Crippen LogP contribution is 2.28. The molecule has 0 unspecified atom stereocenters. The number of nitrogens with zero attached hydrogens (tertiary/aromatic N) is 3. The number of likely N-dealkylation sites (tertiary alicyclic amines) is 1. The highest BCUT2D eigenvalue weighted by atomic mass is 16.5. The van der Waals surface area contributed by atoms with Crippen LogP contribution >= 0.6 is 0 Å². The van der Waals surface area contributed by atoms with Crippen molar-refractivity contribution in [3.05, 3.63) is 0 Å². The lowest BCUT2D eigenvalue weighted by molar-refractivity contribution is -0.149. The Morgan fingerprint density at radius 2 is 1.84 bits per heavy atom. The zero-order chi connectivity index (χ0) is 13.4. The third-order valence-corrected chi connectivity index (χ3v) is 5.01. The van der Waals surface area contributed by atoms with E-state index in [1.807, 2.05) is 4.90 Å². The number of morpholine rings is 1. The van der Waals surface area contributed by atoms with Crippen LogP contribution in [0.4, 0.5) is 0 Å². The molecule has 3 fully saturated rings. The highest BCUT2D eigenvalue weighted by molar-refractivity contribution is 5.81. The van der Waals surface area contributed by atoms with E-state index in [0.29, 0.717) is 18.7 Å². The molecule has 2 bridgehead atoms. The number of ether oxygens (including phenoxy) is 1. The van der Waals surface area contributed by atoms with Gasteiger partial charge in [0.1, 0.15) is 6.10 Å². The van der Waals surface area contributed by atoms with Gasteiger partial charge < -0.3 is 14.5 Å². The summed E-state index contributed by atoms with van der Waals surface area (Å²) in [7, 11) is 4.27. The van der Waals surface area contributed by atoms with Gasteiger partial charge in [0, 0.05) is 38.3 Å². The van der Waals surface area contributed by atoms with E-state index in [9.17, 15) is 4.79 Å². The average Bonchev–Trinajstić information content (AvgIpc) is 2.62. The van der Waals surface area contributed by atoms with Crippen molar-refractivity contribution < 1.29 is 9.53 Å². The maximum atomic E-state index is 12.6. The Bertz CT molecular complexity index is 350. The first-order chi connectivity index (χ1) is 9.15. The van der Waals surface area contributed by atoms with Crippen molar-refractivity contribution in [1.29, 1.82) is 0 Å². The summed E-state index contributed by atoms with van der Waals surface area (Å²) in [6.07, 6.45) is 3.39. The highest BCUT2D eigenvalue weighted by Gasteiger charge is 2.38. The molecule has 3 aliphatic heterocycles. The van der Waals surface area contributed by atoms with Crippen molar-refractivity contribution in [1.82, 2.24) is 14.7 Å². The molecule has 0 aromatic rings. The van der Waals surface area contributed by atoms with E-state index in [1.165, 1.54) is 12.8 Å². The van der Waals surface area contributed by atoms with E-state index in [0.717, 1.165) is 32.6 Å². The molecule has 3 rings (SSSR count). The number of carbonyl (C=O) groups excluding carboxylic acids is 1. The molecule has 0 N–H and O–H groups in total. The Balaban J connectivity index is 1.64. The van der Waals surface area contributed by atoms with Gasteiger partial charge in [0.05, 0.1) is 6.61 Å². The van der Waals surface area contributed by atoms with Gasteiger partial charge in [-0.3, -0.25) is 9.69 Å². The van der Waals surface area contributed by atoms with Gasteiger partial charge in [0.25, 0.3) is 5.91 Å². The Morgan fingerprint density at radius 3 is 2.63 bits per heavy atom. The minimum Gasteiger partial charge on any atom is -0.366 e. The van der Waals surface area contributed by atoms with E-state index in [-0.39, 0.29) is 12.0 Å². The number of amides is 1. The van der Waals surface area contributed by atoms with Crippen LogP contribution in [0.5, 0.6) is 0 Å². The standard InChI is InChI=1S/C14H25N3O2/c1-15-7-8-19-13(10-15)14(18)17-6-5-11-3-4-12(9-17)16(11)2/h11-13H,3-10H2,1-2H3/t11-,12-,13+/m0/s1. The average molecular weight is 267 g/mol. The molecular formula is C14H25N3O2. The van der Waals surface area contributed by atoms with Gasteiger partial charge in [-0.2, -0.15) is 0 Å². The normalized spacial score (nSPS) is 37.4. The molecule has 3 saturated heterocycles. The van der Waals surface area contributed by atoms with Crippen LogP contribution in [-0.2, 0) is 9.53 Å². The Labute approximate surface area is 115 Å². The van der Waals surface area contributed by atoms with Crippen LogP contribution in [-0.4, -0.2) is 85.7 Å². The predicted octanol–water partition coefficient (Wildman–Crippen LogP) is 0.0121. The topological polar surface area (TPSA) is 36.0 Å². The van der Waals surface area contributed by atoms with Crippen LogP contribution in [0.2, 0.25) is 0 Å². The minimum absolute atomic E-state index is 0.201. The second kappa shape index (κ2) is 5.38. The molecule has 5 nitrogen and oxygen atoms in total. The lowest BCUT2D eigenvalue weighted by Gasteiger charge is -2.34. The molecule has 5 heteroatoms. The fraction of sp³-hybridized carbons (Fsp3) is 0.929. The fourth-order valence-corrected chi connectivity index (χ4v) is 3.64. The predicted molar refractivity (Wildman–Crippen MR) is 73.0 cm³/mol. The van der Waals surface area contributed by atoms with Crippen LogP contribution < -0.4 is 0 Å². The number of hydrogen-bond donors (Lipinski definition) is 0. The van der Waals surface area contributed by atoms with Crippen LogP contribution in [0.3, 0.4) is 0 Å². The molecule has 19 heavy (non-hydrogen) atoms. The van der Waals surface area contributed by atoms with E-state index in [1.54, 1.807) is 0 Å². The van der Waals surface area contributed by atoms with Gasteiger partial charge in [-0.15, -0.1) is 0 Å². The van der Waals surface area contributed by atoms with Gasteiger partial charge in [0.15, 0.2) is 0 Å². The molecule has 0 saturated carbocycles. The molecule has 3 aliphatic rings. The summed E-state index contributed by atoms with van der Waals surface area (Å²) >= 11 is 0. The van der Waals surface area contributed by atoms with E-state index >= 15 is 0 Å². The molecule has 1 amide bonds. The maximum Gasteiger partial charge on any atom is 0.253 e. The molecule has 0 aromatic carbocycles. The minimum atomic E-state index is -0.249. The van der Waals surface area contributed by atoms with Gasteiger partial charge in [-0.05, 0) is 33.4 Å². The van der Waals surface area contributed by atoms with Crippen LogP contribution in [0.25, 0.3) is 0 Å². The van der Waals surface area contributed by atoms with Crippen molar-refractivity contribution in [2.24, 2.45) is 0 Å². The van der Waals surface area contributed by atoms with E-state index in [4.69, 9.17) is 4.74 Å². The smallest absolute Gasteiger partial charge is 0.253 e. The van der Waals surface area contributed by atoms with Crippen molar-refractivity contribution in [2.75, 3.05) is 46.9 Å². The van der Waals surface area contributed by atoms with Crippen molar-refractivity contribution >= 4 is 5.91 Å². The largest absolute Gasteiger partial charge is 0.366 e. The lowest BCUT2D eigenvalue weighted by Crippen LogP contribution is -2.51. The second-order valence-corrected chi connectivity index (χ2v) is 6.25. The first-order valence-electron chi connectivity index (χ1n) is 7.46. The summed E-state index contributed by atoms with van der Waals surface area (Å²) in [6, 6.07) is 1.23. The molecule has 0 aromatic heterocycles. The third kappa shape index (κ3) is 2.64. The summed E-state index contributed by atoms with van der Waals surface area (Å²) in [6.45, 7) is 4.12. The molecule has 0 aliphatic carbocycles. The number of fused-ring (bicyclic) bond motifs is 2. The molecule has 3 atom stereocenters. The van der Waals surface area contributed by atoms with Gasteiger partial charge in [-0.1, -0.05) is 0 Å². The number of carbonyl (C=O) groups is 1. The summed E-state index contributed by atoms with van der Waals surface area (Å²) in [5.74, 6) is 0.201. The van der Waals surface area contributed by atoms with Gasteiger partial charge in [-0.25, -0.2) is 0 Å². The SMILES string of the molecule is CN1CCO[C@@H](C(=O)N2CC[C@@H]3CC[C@@H](C2)N3C)C1. The fourth-order valence-electron chi connectivity index (χ4n) is 3.64. The summed E-state index contributed by atoms with van der Waals surface area (Å²) in [5, 5.41) is 0. The summed E-state index contributed by atoms with van der Waals surface area (Å²) < 4.78 is 5.66. The van der Waals surface area contributed by atoms with Crippen LogP contribution in [0, 0.1) is 0 Å². The van der Waals surface area contributed by atoms with Crippen molar-refractivity contribution in [3.8, 4) is 0 Å². The molecule has 108 valence electrons. The number of hydrogen-bond acceptors (Lipinski definition) is 4. The quantitative estimate of drug-likeness (QED) is 0.671. The van der Waals surface area contributed by atoms with E-state index < -0.39 is 0 Å². The van der Waals surface area contributed by atoms with Crippen LogP contribution in [0.1, 0.15) is 19.3 Å². The summed E-state index contributed by atoms with van der Waals surface area (Å²) in [4.78, 5) is 19.3. The Hall–Kier alpha value is -0.650. The second-order valence-electron chi connectivity index (χ2n) is 6.25. The van der Waals surface area contributed by atoms with E-state index in [2.05, 4.69) is 23.9 Å². The molecule has 0 spiro atoms. The lowest BCUT2D eigenvalue weighted by atomic mass is 10.1. The number of likely N-dealkylation sites (N-methyl/N-ethyl adjacent to an activating group) is 2. The van der Waals surface area contributed by atoms with Gasteiger partial charge in [0.2, 0.25) is 0 Å². The Morgan fingerprint density at radius 1 is 1.05 bits per heavy atom. The van der Waals surface area contributed by atoms with Gasteiger partial charge >= 0.3 is 0 Å². The maximum absolute atomic E-state index is 12.6. The van der Waals surface area contributed by atoms with Crippen LogP contribution in [0.15, 0.2) is 0 Å². The summed E-state index contributed by atoms with van der Waals surface area (Å²) in [5.41, 5.74) is 0. The van der Waals surface area contributed by atoms with Crippen molar-refractivity contribution in [2.45, 2.75) is 37.5 Å². The molecule has 3 heterocycles. The monoisotopic (exact) mass is 267 g/mol. The zero-order valence-electron chi connectivity index (χ0n) is 12.0. The Kier molecular flexibility index (Phi) is 3.78. The third-order valence-electron chi connectivity index (χ3n) is 5.01. The first-order valence-corrected chi connectivity index (χ1v) is 7.46. The first kappa shape index (κ1) is 13.3. The zero-order valence-corrected chi connectivity index (χ0v) is 12.0. The molecule has 0 radical (unpaired) electrons. The number of rotatable bonds is 1. The van der Waals surface area contributed by atoms with Crippen molar-refractivity contribution in [3.63, 3.8) is 0 Å².